The molecule has 1 aliphatic rings. The van der Waals surface area contributed by atoms with Gasteiger partial charge in [0.15, 0.2) is 0 Å². The summed E-state index contributed by atoms with van der Waals surface area (Å²) in [5, 5.41) is 13.7. The molecule has 1 aliphatic heterocycles. The number of nitrogens with zero attached hydrogens (tertiary/aromatic N) is 2. The van der Waals surface area contributed by atoms with Crippen LogP contribution >= 0.6 is 0 Å². The average molecular weight is 441 g/mol. The van der Waals surface area contributed by atoms with Gasteiger partial charge in [0.1, 0.15) is 5.69 Å². The lowest BCUT2D eigenvalue weighted by molar-refractivity contribution is -0.857. The number of pyridine rings is 1. The number of likely N-dealkylation sites (tertiary alicyclic amines) is 1. The number of aromatic nitrogens is 2. The van der Waals surface area contributed by atoms with Gasteiger partial charge in [-0.2, -0.15) is 0 Å². The van der Waals surface area contributed by atoms with Crippen molar-refractivity contribution in [2.24, 2.45) is 0 Å². The molecule has 0 bridgehead atoms. The molecule has 1 unspecified atom stereocenters. The molecule has 3 rings (SSSR count). The first-order chi connectivity index (χ1) is 15.2. The lowest BCUT2D eigenvalue weighted by atomic mass is 9.95. The smallest absolute Gasteiger partial charge is 0.355 e. The first-order valence-electron chi connectivity index (χ1n) is 10.5. The molecule has 0 spiro atoms. The van der Waals surface area contributed by atoms with Crippen LogP contribution in [-0.2, 0) is 14.3 Å². The van der Waals surface area contributed by atoms with Crippen molar-refractivity contribution in [1.82, 2.24) is 14.9 Å². The van der Waals surface area contributed by atoms with Crippen LogP contribution < -0.4 is 10.0 Å². The molecular formula is C23H28N4O5. The number of hydrogen-bond donors (Lipinski definition) is 2. The van der Waals surface area contributed by atoms with Crippen molar-refractivity contribution in [3.05, 3.63) is 58.2 Å². The van der Waals surface area contributed by atoms with E-state index in [0.717, 1.165) is 4.90 Å². The Hall–Kier alpha value is -3.46. The number of rotatable bonds is 7. The number of Topliss-reactive ketones (excluding diaryl/α,β-unsaturated/α-hetero) is 1. The van der Waals surface area contributed by atoms with Crippen LogP contribution in [0.3, 0.4) is 0 Å². The standard InChI is InChI=1S/C23H28N4O5/c1-6-32-23(31)18-13(2)16(14(3)25-18)20(28)17-19(15-8-7-9-24-12-15)27(11-10-26(4)5)22(30)21(17)29/h7-9,12,19,25,28H,6,10-11H2,1-5H3. The summed E-state index contributed by atoms with van der Waals surface area (Å²) in [4.78, 5) is 47.8. The Bertz CT molecular complexity index is 1070. The Morgan fingerprint density at radius 2 is 2.03 bits per heavy atom. The zero-order chi connectivity index (χ0) is 23.6. The fourth-order valence-electron chi connectivity index (χ4n) is 3.96. The SMILES string of the molecule is CCOC(=O)c1[nH]c(C)c(C([O-])=C2C(=O)C(=O)N(CC[NH+](C)C)C2c2cccnc2)c1C. The summed E-state index contributed by atoms with van der Waals surface area (Å²) in [5.41, 5.74) is 1.65. The van der Waals surface area contributed by atoms with Gasteiger partial charge < -0.3 is 24.6 Å². The minimum absolute atomic E-state index is 0.127. The molecular weight excluding hydrogens is 412 g/mol. The molecule has 1 saturated heterocycles. The molecule has 0 aliphatic carbocycles. The number of carbonyl (C=O) groups is 3. The van der Waals surface area contributed by atoms with Gasteiger partial charge in [0.2, 0.25) is 5.78 Å². The summed E-state index contributed by atoms with van der Waals surface area (Å²) in [5.74, 6) is -2.68. The van der Waals surface area contributed by atoms with Crippen LogP contribution in [0.4, 0.5) is 0 Å². The van der Waals surface area contributed by atoms with Crippen molar-refractivity contribution in [1.29, 1.82) is 0 Å². The molecule has 1 amide bonds. The van der Waals surface area contributed by atoms with E-state index in [1.165, 1.54) is 4.90 Å². The van der Waals surface area contributed by atoms with Gasteiger partial charge in [0.25, 0.3) is 5.91 Å². The van der Waals surface area contributed by atoms with Crippen molar-refractivity contribution < 1.29 is 29.1 Å². The Labute approximate surface area is 186 Å². The largest absolute Gasteiger partial charge is 0.872 e. The summed E-state index contributed by atoms with van der Waals surface area (Å²) in [6.45, 7) is 6.06. The van der Waals surface area contributed by atoms with Gasteiger partial charge in [-0.05, 0) is 43.5 Å². The topological polar surface area (TPSA) is 120 Å². The Kier molecular flexibility index (Phi) is 6.78. The van der Waals surface area contributed by atoms with Crippen molar-refractivity contribution in [2.45, 2.75) is 26.8 Å². The molecule has 2 aromatic heterocycles. The minimum Gasteiger partial charge on any atom is -0.872 e. The molecule has 9 heteroatoms. The molecule has 1 fully saturated rings. The Balaban J connectivity index is 2.18. The van der Waals surface area contributed by atoms with E-state index in [9.17, 15) is 19.5 Å². The number of ketones is 1. The van der Waals surface area contributed by atoms with E-state index in [0.29, 0.717) is 29.9 Å². The van der Waals surface area contributed by atoms with Crippen molar-refractivity contribution in [2.75, 3.05) is 33.8 Å². The third-order valence-corrected chi connectivity index (χ3v) is 5.53. The first kappa shape index (κ1) is 23.2. The summed E-state index contributed by atoms with van der Waals surface area (Å²) in [6.07, 6.45) is 3.14. The van der Waals surface area contributed by atoms with Crippen molar-refractivity contribution >= 4 is 23.4 Å². The first-order valence-corrected chi connectivity index (χ1v) is 10.5. The number of nitrogens with one attached hydrogen (secondary N) is 2. The number of hydrogen-bond acceptors (Lipinski definition) is 6. The van der Waals surface area contributed by atoms with Crippen LogP contribution in [0, 0.1) is 13.8 Å². The van der Waals surface area contributed by atoms with Gasteiger partial charge in [0, 0.05) is 23.7 Å². The van der Waals surface area contributed by atoms with E-state index in [-0.39, 0.29) is 23.4 Å². The molecule has 1 atom stereocenters. The van der Waals surface area contributed by atoms with Crippen LogP contribution in [0.1, 0.15) is 45.8 Å². The zero-order valence-corrected chi connectivity index (χ0v) is 18.9. The number of ether oxygens (including phenoxy) is 1. The summed E-state index contributed by atoms with van der Waals surface area (Å²) >= 11 is 0. The van der Waals surface area contributed by atoms with Crippen molar-refractivity contribution in [3.63, 3.8) is 0 Å². The van der Waals surface area contributed by atoms with E-state index < -0.39 is 29.5 Å². The van der Waals surface area contributed by atoms with E-state index in [1.54, 1.807) is 45.3 Å². The van der Waals surface area contributed by atoms with Crippen LogP contribution in [0.2, 0.25) is 0 Å². The van der Waals surface area contributed by atoms with Crippen LogP contribution in [0.25, 0.3) is 5.76 Å². The maximum absolute atomic E-state index is 13.7. The molecule has 32 heavy (non-hydrogen) atoms. The quantitative estimate of drug-likeness (QED) is 0.261. The molecule has 0 radical (unpaired) electrons. The number of quaternary nitrogens is 1. The van der Waals surface area contributed by atoms with Gasteiger partial charge >= 0.3 is 5.97 Å². The second kappa shape index (κ2) is 9.35. The number of amides is 1. The summed E-state index contributed by atoms with van der Waals surface area (Å²) in [7, 11) is 3.89. The molecule has 2 aromatic rings. The number of likely N-dealkylation sites (N-methyl/N-ethyl adjacent to an activating group) is 1. The van der Waals surface area contributed by atoms with Gasteiger partial charge in [-0.3, -0.25) is 14.6 Å². The highest BCUT2D eigenvalue weighted by atomic mass is 16.5. The van der Waals surface area contributed by atoms with Crippen LogP contribution in [-0.4, -0.2) is 66.3 Å². The number of aromatic amines is 1. The minimum atomic E-state index is -0.838. The van der Waals surface area contributed by atoms with Crippen molar-refractivity contribution in [3.8, 4) is 0 Å². The third-order valence-electron chi connectivity index (χ3n) is 5.53. The van der Waals surface area contributed by atoms with Crippen LogP contribution in [0.15, 0.2) is 30.1 Å². The lowest BCUT2D eigenvalue weighted by Gasteiger charge is -2.27. The summed E-state index contributed by atoms with van der Waals surface area (Å²) < 4.78 is 5.05. The number of aryl methyl sites for hydroxylation is 1. The normalized spacial score (nSPS) is 17.9. The van der Waals surface area contributed by atoms with E-state index in [2.05, 4.69) is 9.97 Å². The monoisotopic (exact) mass is 440 g/mol. The predicted octanol–water partition coefficient (Wildman–Crippen LogP) is -0.428. The Morgan fingerprint density at radius 1 is 1.31 bits per heavy atom. The van der Waals surface area contributed by atoms with Gasteiger partial charge in [0.05, 0.1) is 39.8 Å². The highest BCUT2D eigenvalue weighted by Crippen LogP contribution is 2.39. The van der Waals surface area contributed by atoms with E-state index in [4.69, 9.17) is 4.74 Å². The van der Waals surface area contributed by atoms with E-state index in [1.807, 2.05) is 14.1 Å². The Morgan fingerprint density at radius 3 is 2.62 bits per heavy atom. The number of esters is 1. The second-order valence-electron chi connectivity index (χ2n) is 8.06. The lowest BCUT2D eigenvalue weighted by Crippen LogP contribution is -3.06. The molecule has 9 nitrogen and oxygen atoms in total. The second-order valence-corrected chi connectivity index (χ2v) is 8.06. The fraction of sp³-hybridized carbons (Fsp3) is 0.391. The average Bonchev–Trinajstić information content (AvgIpc) is 3.19. The van der Waals surface area contributed by atoms with Gasteiger partial charge in [-0.25, -0.2) is 4.79 Å². The van der Waals surface area contributed by atoms with E-state index >= 15 is 0 Å². The molecule has 3 heterocycles. The van der Waals surface area contributed by atoms with Gasteiger partial charge in [-0.15, -0.1) is 0 Å². The number of carbonyl (C=O) groups excluding carboxylic acids is 3. The maximum Gasteiger partial charge on any atom is 0.355 e. The molecule has 2 N–H and O–H groups in total. The molecule has 0 saturated carbocycles. The maximum atomic E-state index is 13.7. The number of H-pyrrole nitrogens is 1. The third kappa shape index (κ3) is 4.16. The zero-order valence-electron chi connectivity index (χ0n) is 18.9. The van der Waals surface area contributed by atoms with Gasteiger partial charge in [-0.1, -0.05) is 11.8 Å². The summed E-state index contributed by atoms with van der Waals surface area (Å²) in [6, 6.07) is 2.61. The fourth-order valence-corrected chi connectivity index (χ4v) is 3.96. The molecule has 0 aromatic carbocycles. The highest BCUT2D eigenvalue weighted by molar-refractivity contribution is 6.46. The highest BCUT2D eigenvalue weighted by Gasteiger charge is 2.44. The molecule has 170 valence electrons. The predicted molar refractivity (Wildman–Crippen MR) is 115 cm³/mol. The van der Waals surface area contributed by atoms with Crippen LogP contribution in [0.5, 0.6) is 0 Å².